The molecular weight excluding hydrogens is 229 g/mol. The van der Waals surface area contributed by atoms with Crippen LogP contribution in [0.5, 0.6) is 0 Å². The molecule has 2 nitrogen and oxygen atoms in total. The van der Waals surface area contributed by atoms with Crippen LogP contribution in [0, 0.1) is 12.7 Å². The topological polar surface area (TPSA) is 32.3 Å². The van der Waals surface area contributed by atoms with Crippen molar-refractivity contribution in [3.05, 3.63) is 65.5 Å². The maximum atomic E-state index is 13.0. The van der Waals surface area contributed by atoms with Gasteiger partial charge in [0.25, 0.3) is 0 Å². The zero-order valence-corrected chi connectivity index (χ0v) is 10.2. The number of hydrogen-bond donors (Lipinski definition) is 2. The summed E-state index contributed by atoms with van der Waals surface area (Å²) in [5.74, 6) is -0.287. The molecule has 2 aromatic carbocycles. The van der Waals surface area contributed by atoms with Crippen LogP contribution in [0.3, 0.4) is 0 Å². The molecule has 3 heteroatoms. The lowest BCUT2D eigenvalue weighted by Gasteiger charge is -2.15. The van der Waals surface area contributed by atoms with E-state index in [9.17, 15) is 9.50 Å². The second-order valence-corrected chi connectivity index (χ2v) is 4.26. The van der Waals surface area contributed by atoms with Gasteiger partial charge in [-0.05, 0) is 36.2 Å². The van der Waals surface area contributed by atoms with Crippen molar-refractivity contribution in [2.24, 2.45) is 0 Å². The maximum absolute atomic E-state index is 13.0. The molecule has 0 bridgehead atoms. The first kappa shape index (κ1) is 12.6. The number of hydrogen-bond acceptors (Lipinski definition) is 2. The number of aliphatic hydroxyl groups excluding tert-OH is 1. The van der Waals surface area contributed by atoms with E-state index in [0.29, 0.717) is 12.2 Å². The normalized spacial score (nSPS) is 12.2. The van der Waals surface area contributed by atoms with Gasteiger partial charge in [0.15, 0.2) is 0 Å². The van der Waals surface area contributed by atoms with Gasteiger partial charge in [-0.25, -0.2) is 4.39 Å². The molecule has 0 saturated carbocycles. The Morgan fingerprint density at radius 1 is 1.17 bits per heavy atom. The molecule has 1 atom stereocenters. The molecule has 0 saturated heterocycles. The fraction of sp³-hybridized carbons (Fsp3) is 0.200. The molecule has 2 aromatic rings. The maximum Gasteiger partial charge on any atom is 0.125 e. The second-order valence-electron chi connectivity index (χ2n) is 4.26. The number of anilines is 1. The molecule has 18 heavy (non-hydrogen) atoms. The number of benzene rings is 2. The Hall–Kier alpha value is -1.87. The van der Waals surface area contributed by atoms with E-state index in [4.69, 9.17) is 0 Å². The van der Waals surface area contributed by atoms with Crippen LogP contribution in [0.4, 0.5) is 10.1 Å². The number of rotatable bonds is 4. The minimum Gasteiger partial charge on any atom is -0.387 e. The molecule has 0 fully saturated rings. The molecular formula is C15H16FNO. The summed E-state index contributed by atoms with van der Waals surface area (Å²) in [6, 6.07) is 13.9. The highest BCUT2D eigenvalue weighted by atomic mass is 19.1. The summed E-state index contributed by atoms with van der Waals surface area (Å²) in [5.41, 5.74) is 2.61. The molecule has 0 amide bonds. The number of halogens is 1. The fourth-order valence-electron chi connectivity index (χ4n) is 1.88. The standard InChI is InChI=1S/C15H16FNO/c1-11-5-2-3-8-14(11)15(18)10-17-13-7-4-6-12(16)9-13/h2-9,15,17-18H,10H2,1H3. The molecule has 0 heterocycles. The van der Waals surface area contributed by atoms with Gasteiger partial charge in [0.05, 0.1) is 6.10 Å². The van der Waals surface area contributed by atoms with Crippen LogP contribution in [-0.4, -0.2) is 11.7 Å². The van der Waals surface area contributed by atoms with Gasteiger partial charge in [0.2, 0.25) is 0 Å². The van der Waals surface area contributed by atoms with E-state index in [0.717, 1.165) is 11.1 Å². The minimum absolute atomic E-state index is 0.287. The van der Waals surface area contributed by atoms with Crippen molar-refractivity contribution in [1.29, 1.82) is 0 Å². The van der Waals surface area contributed by atoms with E-state index in [1.807, 2.05) is 31.2 Å². The van der Waals surface area contributed by atoms with Gasteiger partial charge >= 0.3 is 0 Å². The molecule has 0 aliphatic heterocycles. The lowest BCUT2D eigenvalue weighted by Crippen LogP contribution is -2.13. The van der Waals surface area contributed by atoms with Gasteiger partial charge in [0, 0.05) is 12.2 Å². The highest BCUT2D eigenvalue weighted by Crippen LogP contribution is 2.18. The third kappa shape index (κ3) is 3.08. The SMILES string of the molecule is Cc1ccccc1C(O)CNc1cccc(F)c1. The van der Waals surface area contributed by atoms with Crippen LogP contribution in [0.25, 0.3) is 0 Å². The molecule has 0 aromatic heterocycles. The molecule has 1 unspecified atom stereocenters. The first-order valence-electron chi connectivity index (χ1n) is 5.90. The molecule has 0 spiro atoms. The Bertz CT molecular complexity index is 527. The molecule has 0 radical (unpaired) electrons. The highest BCUT2D eigenvalue weighted by Gasteiger charge is 2.09. The van der Waals surface area contributed by atoms with Crippen molar-refractivity contribution in [3.8, 4) is 0 Å². The zero-order valence-electron chi connectivity index (χ0n) is 10.2. The average Bonchev–Trinajstić information content (AvgIpc) is 2.37. The van der Waals surface area contributed by atoms with Gasteiger partial charge < -0.3 is 10.4 Å². The van der Waals surface area contributed by atoms with Crippen molar-refractivity contribution in [2.45, 2.75) is 13.0 Å². The quantitative estimate of drug-likeness (QED) is 0.866. The Morgan fingerprint density at radius 2 is 1.94 bits per heavy atom. The monoisotopic (exact) mass is 245 g/mol. The summed E-state index contributed by atoms with van der Waals surface area (Å²) in [7, 11) is 0. The summed E-state index contributed by atoms with van der Waals surface area (Å²) in [5, 5.41) is 13.1. The van der Waals surface area contributed by atoms with Crippen molar-refractivity contribution in [1.82, 2.24) is 0 Å². The molecule has 94 valence electrons. The second kappa shape index (κ2) is 5.65. The van der Waals surface area contributed by atoms with E-state index in [1.54, 1.807) is 12.1 Å². The summed E-state index contributed by atoms with van der Waals surface area (Å²) in [6.45, 7) is 2.31. The first-order valence-corrected chi connectivity index (χ1v) is 5.90. The highest BCUT2D eigenvalue weighted by molar-refractivity contribution is 5.43. The van der Waals surface area contributed by atoms with Crippen LogP contribution in [0.2, 0.25) is 0 Å². The van der Waals surface area contributed by atoms with Crippen LogP contribution in [0.15, 0.2) is 48.5 Å². The van der Waals surface area contributed by atoms with Crippen LogP contribution in [-0.2, 0) is 0 Å². The molecule has 0 aliphatic rings. The summed E-state index contributed by atoms with van der Waals surface area (Å²) in [4.78, 5) is 0. The van der Waals surface area contributed by atoms with Gasteiger partial charge in [0.1, 0.15) is 5.82 Å². The summed E-state index contributed by atoms with van der Waals surface area (Å²) >= 11 is 0. The third-order valence-electron chi connectivity index (χ3n) is 2.87. The fourth-order valence-corrected chi connectivity index (χ4v) is 1.88. The smallest absolute Gasteiger partial charge is 0.125 e. The van der Waals surface area contributed by atoms with Gasteiger partial charge in [-0.15, -0.1) is 0 Å². The largest absolute Gasteiger partial charge is 0.387 e. The van der Waals surface area contributed by atoms with E-state index < -0.39 is 6.10 Å². The van der Waals surface area contributed by atoms with Crippen molar-refractivity contribution in [2.75, 3.05) is 11.9 Å². The number of aliphatic hydroxyl groups is 1. The molecule has 2 rings (SSSR count). The Kier molecular flexibility index (Phi) is 3.95. The van der Waals surface area contributed by atoms with E-state index >= 15 is 0 Å². The third-order valence-corrected chi connectivity index (χ3v) is 2.87. The van der Waals surface area contributed by atoms with Crippen LogP contribution in [0.1, 0.15) is 17.2 Å². The van der Waals surface area contributed by atoms with Crippen molar-refractivity contribution < 1.29 is 9.50 Å². The minimum atomic E-state index is -0.602. The number of aryl methyl sites for hydroxylation is 1. The Balaban J connectivity index is 2.00. The Labute approximate surface area is 106 Å². The lowest BCUT2D eigenvalue weighted by atomic mass is 10.0. The van der Waals surface area contributed by atoms with Crippen molar-refractivity contribution in [3.63, 3.8) is 0 Å². The zero-order chi connectivity index (χ0) is 13.0. The Morgan fingerprint density at radius 3 is 2.67 bits per heavy atom. The first-order chi connectivity index (χ1) is 8.66. The van der Waals surface area contributed by atoms with Crippen molar-refractivity contribution >= 4 is 5.69 Å². The number of nitrogens with one attached hydrogen (secondary N) is 1. The predicted molar refractivity (Wildman–Crippen MR) is 71.0 cm³/mol. The molecule has 2 N–H and O–H groups in total. The van der Waals surface area contributed by atoms with Gasteiger partial charge in [-0.2, -0.15) is 0 Å². The van der Waals surface area contributed by atoms with E-state index in [-0.39, 0.29) is 5.82 Å². The summed E-state index contributed by atoms with van der Waals surface area (Å²) < 4.78 is 13.0. The molecule has 0 aliphatic carbocycles. The lowest BCUT2D eigenvalue weighted by molar-refractivity contribution is 0.191. The van der Waals surface area contributed by atoms with Gasteiger partial charge in [-0.3, -0.25) is 0 Å². The average molecular weight is 245 g/mol. The van der Waals surface area contributed by atoms with Gasteiger partial charge in [-0.1, -0.05) is 30.3 Å². The van der Waals surface area contributed by atoms with E-state index in [2.05, 4.69) is 5.32 Å². The van der Waals surface area contributed by atoms with E-state index in [1.165, 1.54) is 12.1 Å². The summed E-state index contributed by atoms with van der Waals surface area (Å²) in [6.07, 6.45) is -0.602. The van der Waals surface area contributed by atoms with Crippen LogP contribution >= 0.6 is 0 Å². The predicted octanol–water partition coefficient (Wildman–Crippen LogP) is 3.28. The van der Waals surface area contributed by atoms with Crippen LogP contribution < -0.4 is 5.32 Å².